The zero-order chi connectivity index (χ0) is 14.0. The largest absolute Gasteiger partial charge is 0.339 e. The highest BCUT2D eigenvalue weighted by Gasteiger charge is 2.17. The predicted molar refractivity (Wildman–Crippen MR) is 66.4 cm³/mol. The molecule has 0 fully saturated rings. The highest BCUT2D eigenvalue weighted by atomic mass is 79.9. The fraction of sp³-hybridized carbons (Fsp3) is 0.250. The molecule has 0 N–H and O–H groups in total. The van der Waals surface area contributed by atoms with Crippen molar-refractivity contribution in [3.05, 3.63) is 34.1 Å². The Morgan fingerprint density at radius 1 is 1.42 bits per heavy atom. The molecule has 4 nitrogen and oxygen atoms in total. The van der Waals surface area contributed by atoms with Crippen LogP contribution in [0.5, 0.6) is 0 Å². The quantitative estimate of drug-likeness (QED) is 0.807. The summed E-state index contributed by atoms with van der Waals surface area (Å²) in [7, 11) is 0. The maximum Gasteiger partial charge on any atom is 0.227 e. The molecule has 1 heterocycles. The second-order valence-electron chi connectivity index (χ2n) is 3.94. The van der Waals surface area contributed by atoms with Crippen LogP contribution in [0.3, 0.4) is 0 Å². The molecular weight excluding hydrogens is 322 g/mol. The minimum Gasteiger partial charge on any atom is -0.339 e. The van der Waals surface area contributed by atoms with Gasteiger partial charge in [0.1, 0.15) is 5.78 Å². The van der Waals surface area contributed by atoms with Crippen molar-refractivity contribution in [2.45, 2.75) is 19.8 Å². The zero-order valence-electron chi connectivity index (χ0n) is 9.91. The van der Waals surface area contributed by atoms with E-state index in [0.29, 0.717) is 12.8 Å². The van der Waals surface area contributed by atoms with Gasteiger partial charge in [-0.05, 0) is 35.0 Å². The number of aryl methyl sites for hydroxylation is 1. The molecule has 0 saturated heterocycles. The lowest BCUT2D eigenvalue weighted by molar-refractivity contribution is -0.117. The van der Waals surface area contributed by atoms with Crippen molar-refractivity contribution in [3.8, 4) is 11.4 Å². The number of aromatic nitrogens is 2. The molecule has 7 heteroatoms. The van der Waals surface area contributed by atoms with Crippen molar-refractivity contribution in [1.29, 1.82) is 0 Å². The van der Waals surface area contributed by atoms with Crippen molar-refractivity contribution >= 4 is 21.7 Å². The average Bonchev–Trinajstić information content (AvgIpc) is 2.82. The van der Waals surface area contributed by atoms with E-state index in [2.05, 4.69) is 26.1 Å². The second kappa shape index (κ2) is 5.56. The number of Topliss-reactive ketones (excluding diaryl/α,β-unsaturated/α-hetero) is 1. The van der Waals surface area contributed by atoms with Gasteiger partial charge in [0, 0.05) is 18.4 Å². The minimum atomic E-state index is -1.01. The molecule has 1 aromatic heterocycles. The fourth-order valence-electron chi connectivity index (χ4n) is 1.45. The first kappa shape index (κ1) is 13.8. The number of hydrogen-bond acceptors (Lipinski definition) is 4. The molecule has 2 rings (SSSR count). The highest BCUT2D eigenvalue weighted by Crippen LogP contribution is 2.29. The van der Waals surface area contributed by atoms with E-state index in [1.165, 1.54) is 13.0 Å². The van der Waals surface area contributed by atoms with Crippen LogP contribution >= 0.6 is 15.9 Å². The molecule has 0 unspecified atom stereocenters. The molecule has 0 aliphatic heterocycles. The topological polar surface area (TPSA) is 56.0 Å². The van der Waals surface area contributed by atoms with Crippen LogP contribution in [0.4, 0.5) is 8.78 Å². The Kier molecular flexibility index (Phi) is 4.04. The van der Waals surface area contributed by atoms with Gasteiger partial charge < -0.3 is 9.32 Å². The van der Waals surface area contributed by atoms with Gasteiger partial charge in [0.05, 0.1) is 4.47 Å². The second-order valence-corrected chi connectivity index (χ2v) is 4.73. The van der Waals surface area contributed by atoms with Crippen molar-refractivity contribution in [2.75, 3.05) is 0 Å². The Labute approximate surface area is 115 Å². The van der Waals surface area contributed by atoms with Gasteiger partial charge in [-0.3, -0.25) is 0 Å². The summed E-state index contributed by atoms with van der Waals surface area (Å²) in [5, 5.41) is 3.68. The molecule has 1 aromatic carbocycles. The van der Waals surface area contributed by atoms with E-state index in [4.69, 9.17) is 4.52 Å². The molecule has 0 aliphatic rings. The number of halogens is 3. The minimum absolute atomic E-state index is 0.00811. The molecule has 0 spiro atoms. The summed E-state index contributed by atoms with van der Waals surface area (Å²) < 4.78 is 31.2. The van der Waals surface area contributed by atoms with E-state index >= 15 is 0 Å². The maximum absolute atomic E-state index is 13.4. The lowest BCUT2D eigenvalue weighted by Crippen LogP contribution is -1.94. The molecular formula is C12H9BrF2N2O2. The Balaban J connectivity index is 2.28. The van der Waals surface area contributed by atoms with Gasteiger partial charge in [0.25, 0.3) is 0 Å². The van der Waals surface area contributed by atoms with E-state index in [-0.39, 0.29) is 27.5 Å². The van der Waals surface area contributed by atoms with E-state index in [1.807, 2.05) is 0 Å². The summed E-state index contributed by atoms with van der Waals surface area (Å²) in [5.74, 6) is -1.54. The van der Waals surface area contributed by atoms with Gasteiger partial charge in [0.15, 0.2) is 11.6 Å². The van der Waals surface area contributed by atoms with Gasteiger partial charge >= 0.3 is 0 Å². The maximum atomic E-state index is 13.4. The standard InChI is InChI=1S/C12H9BrF2N2O2/c1-6(18)2-5-9-16-12(17-19-9)7-3-4-8(14)11(15)10(7)13/h3-4H,2,5H2,1H3. The molecule has 19 heavy (non-hydrogen) atoms. The number of carbonyl (C=O) groups excluding carboxylic acids is 1. The first-order valence-electron chi connectivity index (χ1n) is 5.45. The number of carbonyl (C=O) groups is 1. The highest BCUT2D eigenvalue weighted by molar-refractivity contribution is 9.10. The lowest BCUT2D eigenvalue weighted by Gasteiger charge is -2.00. The van der Waals surface area contributed by atoms with Crippen LogP contribution in [0.1, 0.15) is 19.2 Å². The zero-order valence-corrected chi connectivity index (χ0v) is 11.5. The number of benzene rings is 1. The monoisotopic (exact) mass is 330 g/mol. The molecule has 2 aromatic rings. The Morgan fingerprint density at radius 3 is 2.84 bits per heavy atom. The molecule has 0 radical (unpaired) electrons. The molecule has 0 amide bonds. The number of ketones is 1. The molecule has 100 valence electrons. The third-order valence-corrected chi connectivity index (χ3v) is 3.21. The predicted octanol–water partition coefficient (Wildman–Crippen LogP) is 3.30. The van der Waals surface area contributed by atoms with Crippen LogP contribution in [-0.4, -0.2) is 15.9 Å². The smallest absolute Gasteiger partial charge is 0.227 e. The third kappa shape index (κ3) is 3.04. The summed E-state index contributed by atoms with van der Waals surface area (Å²) in [6.07, 6.45) is 0.615. The number of hydrogen-bond donors (Lipinski definition) is 0. The van der Waals surface area contributed by atoms with E-state index < -0.39 is 11.6 Å². The van der Waals surface area contributed by atoms with Crippen molar-refractivity contribution in [3.63, 3.8) is 0 Å². The van der Waals surface area contributed by atoms with Crippen LogP contribution < -0.4 is 0 Å². The Morgan fingerprint density at radius 2 is 2.16 bits per heavy atom. The Bertz CT molecular complexity index is 628. The van der Waals surface area contributed by atoms with Gasteiger partial charge in [-0.15, -0.1) is 0 Å². The van der Waals surface area contributed by atoms with Gasteiger partial charge in [-0.1, -0.05) is 5.16 Å². The summed E-state index contributed by atoms with van der Waals surface area (Å²) >= 11 is 2.95. The average molecular weight is 331 g/mol. The molecule has 0 atom stereocenters. The van der Waals surface area contributed by atoms with E-state index in [0.717, 1.165) is 6.07 Å². The van der Waals surface area contributed by atoms with Crippen molar-refractivity contribution in [2.24, 2.45) is 0 Å². The van der Waals surface area contributed by atoms with Gasteiger partial charge in [-0.25, -0.2) is 8.78 Å². The SMILES string of the molecule is CC(=O)CCc1nc(-c2ccc(F)c(F)c2Br)no1. The fourth-order valence-corrected chi connectivity index (χ4v) is 1.95. The first-order valence-corrected chi connectivity index (χ1v) is 6.24. The first-order chi connectivity index (χ1) is 8.99. The van der Waals surface area contributed by atoms with E-state index in [1.54, 1.807) is 0 Å². The molecule has 0 saturated carbocycles. The Hall–Kier alpha value is -1.63. The summed E-state index contributed by atoms with van der Waals surface area (Å²) in [6, 6.07) is 2.34. The summed E-state index contributed by atoms with van der Waals surface area (Å²) in [6.45, 7) is 1.46. The number of nitrogens with zero attached hydrogens (tertiary/aromatic N) is 2. The summed E-state index contributed by atoms with van der Waals surface area (Å²) in [5.41, 5.74) is 0.289. The van der Waals surface area contributed by atoms with Crippen LogP contribution in [-0.2, 0) is 11.2 Å². The lowest BCUT2D eigenvalue weighted by atomic mass is 10.2. The van der Waals surface area contributed by atoms with Crippen LogP contribution in [0.15, 0.2) is 21.1 Å². The normalized spacial score (nSPS) is 10.7. The van der Waals surface area contributed by atoms with Crippen molar-refractivity contribution < 1.29 is 18.1 Å². The summed E-state index contributed by atoms with van der Waals surface area (Å²) in [4.78, 5) is 14.9. The number of rotatable bonds is 4. The third-order valence-electron chi connectivity index (χ3n) is 2.44. The van der Waals surface area contributed by atoms with E-state index in [9.17, 15) is 13.6 Å². The molecule has 0 aliphatic carbocycles. The van der Waals surface area contributed by atoms with Crippen LogP contribution in [0.2, 0.25) is 0 Å². The van der Waals surface area contributed by atoms with Crippen LogP contribution in [0.25, 0.3) is 11.4 Å². The van der Waals surface area contributed by atoms with Gasteiger partial charge in [0.2, 0.25) is 11.7 Å². The van der Waals surface area contributed by atoms with Gasteiger partial charge in [-0.2, -0.15) is 4.98 Å². The van der Waals surface area contributed by atoms with Crippen LogP contribution in [0, 0.1) is 11.6 Å². The van der Waals surface area contributed by atoms with Crippen molar-refractivity contribution in [1.82, 2.24) is 10.1 Å². The molecule has 0 bridgehead atoms.